The molecule has 1 aliphatic rings. The fourth-order valence-corrected chi connectivity index (χ4v) is 4.71. The number of benzene rings is 2. The Hall–Kier alpha value is -4.19. The lowest BCUT2D eigenvalue weighted by molar-refractivity contribution is -0.119. The molecular weight excluding hydrogens is 464 g/mol. The number of carbonyl (C=O) groups excluding carboxylic acids is 2. The van der Waals surface area contributed by atoms with Gasteiger partial charge in [0, 0.05) is 11.1 Å². The van der Waals surface area contributed by atoms with Crippen LogP contribution in [0.5, 0.6) is 0 Å². The van der Waals surface area contributed by atoms with Crippen LogP contribution in [0.25, 0.3) is 22.6 Å². The zero-order chi connectivity index (χ0) is 26.0. The lowest BCUT2D eigenvalue weighted by atomic mass is 9.86. The number of amides is 1. The molecule has 5 rings (SSSR count). The van der Waals surface area contributed by atoms with Crippen LogP contribution in [0.4, 0.5) is 5.69 Å². The topological polar surface area (TPSA) is 81.4 Å². The Labute approximate surface area is 216 Å². The van der Waals surface area contributed by atoms with Crippen LogP contribution in [0.2, 0.25) is 0 Å². The first-order valence-corrected chi connectivity index (χ1v) is 12.5. The first kappa shape index (κ1) is 24.5. The Kier molecular flexibility index (Phi) is 6.66. The van der Waals surface area contributed by atoms with Gasteiger partial charge in [0.1, 0.15) is 5.76 Å². The molecule has 1 amide bonds. The van der Waals surface area contributed by atoms with E-state index in [0.717, 1.165) is 40.8 Å². The molecule has 0 atom stereocenters. The maximum absolute atomic E-state index is 13.4. The smallest absolute Gasteiger partial charge is 0.339 e. The van der Waals surface area contributed by atoms with Gasteiger partial charge in [0.15, 0.2) is 6.61 Å². The van der Waals surface area contributed by atoms with Crippen LogP contribution in [-0.4, -0.2) is 23.5 Å². The summed E-state index contributed by atoms with van der Waals surface area (Å²) >= 11 is 0. The molecule has 0 saturated carbocycles. The number of hydrogen-bond donors (Lipinski definition) is 1. The van der Waals surface area contributed by atoms with E-state index in [9.17, 15) is 9.59 Å². The number of rotatable bonds is 5. The van der Waals surface area contributed by atoms with Crippen molar-refractivity contribution in [2.75, 3.05) is 11.9 Å². The van der Waals surface area contributed by atoms with E-state index in [0.29, 0.717) is 23.2 Å². The van der Waals surface area contributed by atoms with Gasteiger partial charge in [-0.2, -0.15) is 0 Å². The minimum Gasteiger partial charge on any atom is -0.465 e. The van der Waals surface area contributed by atoms with Gasteiger partial charge in [0.2, 0.25) is 0 Å². The maximum Gasteiger partial charge on any atom is 0.339 e. The van der Waals surface area contributed by atoms with Gasteiger partial charge in [0.05, 0.1) is 23.0 Å². The van der Waals surface area contributed by atoms with Gasteiger partial charge >= 0.3 is 5.97 Å². The summed E-state index contributed by atoms with van der Waals surface area (Å²) in [7, 11) is 0. The van der Waals surface area contributed by atoms with Gasteiger partial charge in [-0.25, -0.2) is 9.78 Å². The zero-order valence-corrected chi connectivity index (χ0v) is 21.3. The summed E-state index contributed by atoms with van der Waals surface area (Å²) in [5.41, 5.74) is 5.71. The predicted octanol–water partition coefficient (Wildman–Crippen LogP) is 6.80. The van der Waals surface area contributed by atoms with Crippen molar-refractivity contribution in [3.8, 4) is 0 Å². The van der Waals surface area contributed by atoms with Crippen molar-refractivity contribution < 1.29 is 18.7 Å². The lowest BCUT2D eigenvalue weighted by Gasteiger charge is -2.22. The number of para-hydroxylation sites is 1. The SMILES string of the molecule is CC(C)(C)c1ccc(NC(=O)COC(=O)c2c3c(nc4ccccc24)C(=Cc2ccco2)CCC3)cc1. The number of nitrogens with zero attached hydrogens (tertiary/aromatic N) is 1. The fourth-order valence-electron chi connectivity index (χ4n) is 4.71. The molecule has 1 aliphatic carbocycles. The number of allylic oxidation sites excluding steroid dienone is 1. The fraction of sp³-hybridized carbons (Fsp3) is 0.258. The van der Waals surface area contributed by atoms with Crippen molar-refractivity contribution in [1.82, 2.24) is 4.98 Å². The lowest BCUT2D eigenvalue weighted by Crippen LogP contribution is -2.22. The van der Waals surface area contributed by atoms with Crippen molar-refractivity contribution in [3.63, 3.8) is 0 Å². The molecule has 0 radical (unpaired) electrons. The van der Waals surface area contributed by atoms with E-state index in [2.05, 4.69) is 26.1 Å². The number of anilines is 1. The number of ether oxygens (including phenoxy) is 1. The van der Waals surface area contributed by atoms with Gasteiger partial charge < -0.3 is 14.5 Å². The maximum atomic E-state index is 13.4. The Morgan fingerprint density at radius 3 is 2.54 bits per heavy atom. The summed E-state index contributed by atoms with van der Waals surface area (Å²) in [5.74, 6) is -0.163. The Balaban J connectivity index is 1.38. The molecule has 0 saturated heterocycles. The van der Waals surface area contributed by atoms with Crippen LogP contribution >= 0.6 is 0 Å². The third-order valence-corrected chi connectivity index (χ3v) is 6.60. The van der Waals surface area contributed by atoms with Crippen molar-refractivity contribution in [2.45, 2.75) is 45.4 Å². The van der Waals surface area contributed by atoms with Crippen LogP contribution in [-0.2, 0) is 21.4 Å². The van der Waals surface area contributed by atoms with E-state index in [1.54, 1.807) is 6.26 Å². The third-order valence-electron chi connectivity index (χ3n) is 6.60. The highest BCUT2D eigenvalue weighted by Crippen LogP contribution is 2.36. The normalized spacial score (nSPS) is 14.4. The average Bonchev–Trinajstić information content (AvgIpc) is 3.39. The van der Waals surface area contributed by atoms with Crippen LogP contribution in [0.15, 0.2) is 71.3 Å². The first-order chi connectivity index (χ1) is 17.8. The second-order valence-electron chi connectivity index (χ2n) is 10.3. The summed E-state index contributed by atoms with van der Waals surface area (Å²) in [6, 6.07) is 19.0. The Morgan fingerprint density at radius 2 is 1.81 bits per heavy atom. The number of aromatic nitrogens is 1. The van der Waals surface area contributed by atoms with E-state index in [4.69, 9.17) is 14.1 Å². The average molecular weight is 495 g/mol. The predicted molar refractivity (Wildman–Crippen MR) is 145 cm³/mol. The van der Waals surface area contributed by atoms with E-state index in [1.165, 1.54) is 5.56 Å². The number of pyridine rings is 1. The van der Waals surface area contributed by atoms with Gasteiger partial charge in [-0.05, 0) is 77.8 Å². The highest BCUT2D eigenvalue weighted by molar-refractivity contribution is 6.07. The summed E-state index contributed by atoms with van der Waals surface area (Å²) < 4.78 is 11.1. The number of carbonyl (C=O) groups is 2. The molecule has 0 spiro atoms. The number of furan rings is 1. The van der Waals surface area contributed by atoms with Crippen molar-refractivity contribution >= 4 is 40.1 Å². The molecule has 6 nitrogen and oxygen atoms in total. The molecule has 37 heavy (non-hydrogen) atoms. The standard InChI is InChI=1S/C31H30N2O4/c1-31(2,3)21-13-15-22(16-14-21)32-27(34)19-37-30(35)28-24-10-4-5-12-26(24)33-29-20(8-6-11-25(28)29)18-23-9-7-17-36-23/h4-5,7,9-10,12-18H,6,8,11,19H2,1-3H3,(H,32,34). The van der Waals surface area contributed by atoms with Crippen molar-refractivity contribution in [3.05, 3.63) is 95.1 Å². The molecule has 0 bridgehead atoms. The molecule has 2 aromatic carbocycles. The first-order valence-electron chi connectivity index (χ1n) is 12.5. The van der Waals surface area contributed by atoms with Crippen LogP contribution < -0.4 is 5.32 Å². The molecule has 0 aliphatic heterocycles. The Morgan fingerprint density at radius 1 is 1.03 bits per heavy atom. The Bertz CT molecular complexity index is 1480. The number of nitrogens with one attached hydrogen (secondary N) is 1. The minimum absolute atomic E-state index is 0.0253. The van der Waals surface area contributed by atoms with Crippen molar-refractivity contribution in [1.29, 1.82) is 0 Å². The molecule has 1 N–H and O–H groups in total. The number of hydrogen-bond acceptors (Lipinski definition) is 5. The minimum atomic E-state index is -0.521. The molecular formula is C31H30N2O4. The van der Waals surface area contributed by atoms with E-state index >= 15 is 0 Å². The molecule has 188 valence electrons. The third kappa shape index (κ3) is 5.33. The summed E-state index contributed by atoms with van der Waals surface area (Å²) in [4.78, 5) is 30.9. The van der Waals surface area contributed by atoms with Gasteiger partial charge in [-0.1, -0.05) is 51.1 Å². The second-order valence-corrected chi connectivity index (χ2v) is 10.3. The van der Waals surface area contributed by atoms with E-state index < -0.39 is 5.97 Å². The highest BCUT2D eigenvalue weighted by Gasteiger charge is 2.26. The monoisotopic (exact) mass is 494 g/mol. The summed E-state index contributed by atoms with van der Waals surface area (Å²) in [6.07, 6.45) is 6.04. The molecule has 6 heteroatoms. The summed E-state index contributed by atoms with van der Waals surface area (Å²) in [5, 5.41) is 3.54. The van der Waals surface area contributed by atoms with Gasteiger partial charge in [-0.15, -0.1) is 0 Å². The zero-order valence-electron chi connectivity index (χ0n) is 21.3. The van der Waals surface area contributed by atoms with Gasteiger partial charge in [0.25, 0.3) is 5.91 Å². The van der Waals surface area contributed by atoms with Crippen molar-refractivity contribution in [2.24, 2.45) is 0 Å². The van der Waals surface area contributed by atoms with E-state index in [-0.39, 0.29) is 17.9 Å². The number of fused-ring (bicyclic) bond motifs is 2. The van der Waals surface area contributed by atoms with E-state index in [1.807, 2.05) is 66.7 Å². The second kappa shape index (κ2) is 10.1. The van der Waals surface area contributed by atoms with Gasteiger partial charge in [-0.3, -0.25) is 4.79 Å². The molecule has 2 aromatic heterocycles. The molecule has 0 unspecified atom stereocenters. The number of esters is 1. The highest BCUT2D eigenvalue weighted by atomic mass is 16.5. The molecule has 4 aromatic rings. The van der Waals surface area contributed by atoms with Crippen LogP contribution in [0, 0.1) is 0 Å². The summed E-state index contributed by atoms with van der Waals surface area (Å²) in [6.45, 7) is 6.03. The largest absolute Gasteiger partial charge is 0.465 e. The van der Waals surface area contributed by atoms with Crippen LogP contribution in [0.3, 0.4) is 0 Å². The van der Waals surface area contributed by atoms with Crippen LogP contribution in [0.1, 0.15) is 66.6 Å². The molecule has 2 heterocycles. The quantitative estimate of drug-likeness (QED) is 0.309. The molecule has 0 fully saturated rings.